The number of anilines is 2. The Balaban J connectivity index is 1.55. The molecule has 2 N–H and O–H groups in total. The van der Waals surface area contributed by atoms with Gasteiger partial charge in [-0.15, -0.1) is 22.7 Å². The second-order valence-corrected chi connectivity index (χ2v) is 15.2. The first-order chi connectivity index (χ1) is 17.9. The zero-order valence-corrected chi connectivity index (χ0v) is 24.9. The molecule has 38 heavy (non-hydrogen) atoms. The van der Waals surface area contributed by atoms with Gasteiger partial charge in [0, 0.05) is 25.5 Å². The highest BCUT2D eigenvalue weighted by Crippen LogP contribution is 2.40. The minimum absolute atomic E-state index is 0.0182. The van der Waals surface area contributed by atoms with Crippen molar-refractivity contribution in [2.24, 2.45) is 0 Å². The fourth-order valence-corrected chi connectivity index (χ4v) is 10.0. The number of rotatable bonds is 7. The third-order valence-corrected chi connectivity index (χ3v) is 12.9. The van der Waals surface area contributed by atoms with E-state index < -0.39 is 20.0 Å². The van der Waals surface area contributed by atoms with E-state index in [1.807, 2.05) is 0 Å². The first kappa shape index (κ1) is 27.0. The smallest absolute Gasteiger partial charge is 0.271 e. The van der Waals surface area contributed by atoms with Gasteiger partial charge in [0.25, 0.3) is 20.0 Å². The highest BCUT2D eigenvalue weighted by molar-refractivity contribution is 7.95. The first-order valence-electron chi connectivity index (χ1n) is 11.0. The summed E-state index contributed by atoms with van der Waals surface area (Å²) in [6.45, 7) is 3.41. The number of sulfonamides is 2. The lowest BCUT2D eigenvalue weighted by Gasteiger charge is -2.15. The van der Waals surface area contributed by atoms with E-state index in [1.165, 1.54) is 19.2 Å². The summed E-state index contributed by atoms with van der Waals surface area (Å²) < 4.78 is 66.0. The fraction of sp³-hybridized carbons (Fsp3) is 0.120. The van der Waals surface area contributed by atoms with E-state index in [0.717, 1.165) is 42.8 Å². The second kappa shape index (κ2) is 9.89. The predicted molar refractivity (Wildman–Crippen MR) is 158 cm³/mol. The number of thiophene rings is 2. The maximum atomic E-state index is 13.5. The van der Waals surface area contributed by atoms with Crippen LogP contribution in [-0.4, -0.2) is 23.9 Å². The van der Waals surface area contributed by atoms with Gasteiger partial charge < -0.3 is 4.74 Å². The third kappa shape index (κ3) is 4.94. The molecule has 0 unspecified atom stereocenters. The lowest BCUT2D eigenvalue weighted by atomic mass is 10.2. The molecule has 198 valence electrons. The van der Waals surface area contributed by atoms with Crippen LogP contribution in [-0.2, 0) is 20.0 Å². The van der Waals surface area contributed by atoms with Gasteiger partial charge in [0.05, 0.1) is 18.5 Å². The van der Waals surface area contributed by atoms with Crippen LogP contribution in [0.5, 0.6) is 5.75 Å². The predicted octanol–water partition coefficient (Wildman–Crippen LogP) is 7.65. The standard InChI is InChI=1S/C25H20Cl2N2O5S4/c1-13-18-10-15(26)4-8-22(18)35-24(13)37(30,31)28-20-7-6-17(34-3)12-21(20)29-38(32,33)25-14(2)19-11-16(27)5-9-23(19)36-25/h4-12,28-29H,1-3H3. The Hall–Kier alpha value is -2.54. The maximum absolute atomic E-state index is 13.5. The number of fused-ring (bicyclic) bond motifs is 2. The highest BCUT2D eigenvalue weighted by atomic mass is 35.5. The van der Waals surface area contributed by atoms with Crippen molar-refractivity contribution < 1.29 is 21.6 Å². The molecule has 0 fully saturated rings. The number of halogens is 2. The Morgan fingerprint density at radius 3 is 1.63 bits per heavy atom. The normalized spacial score (nSPS) is 12.2. The monoisotopic (exact) mass is 626 g/mol. The van der Waals surface area contributed by atoms with Gasteiger partial charge in [-0.25, -0.2) is 16.8 Å². The van der Waals surface area contributed by atoms with Crippen LogP contribution in [0.15, 0.2) is 63.0 Å². The van der Waals surface area contributed by atoms with Crippen molar-refractivity contribution in [1.82, 2.24) is 0 Å². The van der Waals surface area contributed by atoms with Crippen LogP contribution in [0.1, 0.15) is 11.1 Å². The van der Waals surface area contributed by atoms with Gasteiger partial charge in [0.15, 0.2) is 0 Å². The van der Waals surface area contributed by atoms with Crippen molar-refractivity contribution in [3.63, 3.8) is 0 Å². The van der Waals surface area contributed by atoms with Gasteiger partial charge in [-0.2, -0.15) is 0 Å². The molecule has 0 aliphatic rings. The molecule has 0 aliphatic carbocycles. The molecule has 0 atom stereocenters. The minimum atomic E-state index is -4.10. The number of methoxy groups -OCH3 is 1. The SMILES string of the molecule is COc1ccc(NS(=O)(=O)c2sc3ccc(Cl)cc3c2C)c(NS(=O)(=O)c2sc3ccc(Cl)cc3c2C)c1. The van der Waals surface area contributed by atoms with Crippen LogP contribution in [0, 0.1) is 13.8 Å². The largest absolute Gasteiger partial charge is 0.497 e. The molecule has 5 aromatic rings. The first-order valence-corrected chi connectivity index (χ1v) is 16.4. The van der Waals surface area contributed by atoms with E-state index in [4.69, 9.17) is 27.9 Å². The van der Waals surface area contributed by atoms with Gasteiger partial charge in [-0.1, -0.05) is 23.2 Å². The van der Waals surface area contributed by atoms with E-state index in [-0.39, 0.29) is 19.8 Å². The minimum Gasteiger partial charge on any atom is -0.497 e. The Bertz CT molecular complexity index is 1950. The van der Waals surface area contributed by atoms with Crippen LogP contribution >= 0.6 is 45.9 Å². The van der Waals surface area contributed by atoms with E-state index >= 15 is 0 Å². The molecule has 3 aromatic carbocycles. The van der Waals surface area contributed by atoms with E-state index in [2.05, 4.69) is 9.44 Å². The summed E-state index contributed by atoms with van der Waals surface area (Å²) in [4.78, 5) is 0. The molecule has 0 saturated heterocycles. The van der Waals surface area contributed by atoms with Crippen LogP contribution < -0.4 is 14.2 Å². The number of nitrogens with one attached hydrogen (secondary N) is 2. The fourth-order valence-electron chi connectivity index (χ4n) is 4.06. The summed E-state index contributed by atoms with van der Waals surface area (Å²) in [6.07, 6.45) is 0. The summed E-state index contributed by atoms with van der Waals surface area (Å²) >= 11 is 14.4. The summed E-state index contributed by atoms with van der Waals surface area (Å²) in [5.41, 5.74) is 1.16. The molecule has 5 rings (SSSR count). The molecule has 0 spiro atoms. The molecule has 0 aliphatic heterocycles. The van der Waals surface area contributed by atoms with Crippen molar-refractivity contribution >= 4 is 97.5 Å². The van der Waals surface area contributed by atoms with Crippen molar-refractivity contribution in [2.75, 3.05) is 16.6 Å². The second-order valence-electron chi connectivity index (χ2n) is 8.43. The van der Waals surface area contributed by atoms with Crippen LogP contribution in [0.3, 0.4) is 0 Å². The van der Waals surface area contributed by atoms with E-state index in [1.54, 1.807) is 56.3 Å². The Labute approximate surface area is 238 Å². The van der Waals surface area contributed by atoms with Crippen molar-refractivity contribution in [1.29, 1.82) is 0 Å². The molecule has 7 nitrogen and oxygen atoms in total. The van der Waals surface area contributed by atoms with Crippen LogP contribution in [0.4, 0.5) is 11.4 Å². The molecule has 2 heterocycles. The Morgan fingerprint density at radius 2 is 1.16 bits per heavy atom. The zero-order valence-electron chi connectivity index (χ0n) is 20.1. The average molecular weight is 628 g/mol. The number of ether oxygens (including phenoxy) is 1. The Morgan fingerprint density at radius 1 is 0.684 bits per heavy atom. The number of benzene rings is 3. The summed E-state index contributed by atoms with van der Waals surface area (Å²) in [5.74, 6) is 0.346. The summed E-state index contributed by atoms with van der Waals surface area (Å²) in [7, 11) is -6.74. The molecule has 2 aromatic heterocycles. The number of aryl methyl sites for hydroxylation is 2. The molecular formula is C25H20Cl2N2O5S4. The van der Waals surface area contributed by atoms with Crippen LogP contribution in [0.25, 0.3) is 20.2 Å². The summed E-state index contributed by atoms with van der Waals surface area (Å²) in [6, 6.07) is 14.8. The quantitative estimate of drug-likeness (QED) is 0.193. The van der Waals surface area contributed by atoms with Crippen molar-refractivity contribution in [3.8, 4) is 5.75 Å². The summed E-state index contributed by atoms with van der Waals surface area (Å²) in [5, 5.41) is 2.47. The van der Waals surface area contributed by atoms with Gasteiger partial charge in [0.2, 0.25) is 0 Å². The van der Waals surface area contributed by atoms with Crippen LogP contribution in [0.2, 0.25) is 10.0 Å². The maximum Gasteiger partial charge on any atom is 0.271 e. The molecule has 0 bridgehead atoms. The van der Waals surface area contributed by atoms with Gasteiger partial charge in [-0.3, -0.25) is 9.44 Å². The molecule has 0 saturated carbocycles. The van der Waals surface area contributed by atoms with Crippen molar-refractivity contribution in [2.45, 2.75) is 22.3 Å². The lowest BCUT2D eigenvalue weighted by molar-refractivity contribution is 0.415. The zero-order chi connectivity index (χ0) is 27.4. The molecule has 0 amide bonds. The van der Waals surface area contributed by atoms with E-state index in [9.17, 15) is 16.8 Å². The van der Waals surface area contributed by atoms with Gasteiger partial charge >= 0.3 is 0 Å². The number of hydrogen-bond donors (Lipinski definition) is 2. The Kier molecular flexibility index (Phi) is 7.04. The van der Waals surface area contributed by atoms with Gasteiger partial charge in [-0.05, 0) is 84.3 Å². The topological polar surface area (TPSA) is 102 Å². The molecular weight excluding hydrogens is 607 g/mol. The number of hydrogen-bond acceptors (Lipinski definition) is 7. The van der Waals surface area contributed by atoms with E-state index in [0.29, 0.717) is 26.9 Å². The van der Waals surface area contributed by atoms with Gasteiger partial charge in [0.1, 0.15) is 14.2 Å². The highest BCUT2D eigenvalue weighted by Gasteiger charge is 2.26. The molecule has 13 heteroatoms. The average Bonchev–Trinajstić information content (AvgIpc) is 3.37. The van der Waals surface area contributed by atoms with Crippen molar-refractivity contribution in [3.05, 3.63) is 75.8 Å². The third-order valence-electron chi connectivity index (χ3n) is 5.91. The molecule has 0 radical (unpaired) electrons. The lowest BCUT2D eigenvalue weighted by Crippen LogP contribution is -2.17.